The molecule has 1 aliphatic heterocycles. The molecule has 2 nitrogen and oxygen atoms in total. The molecule has 0 bridgehead atoms. The molecule has 1 aromatic carbocycles. The van der Waals surface area contributed by atoms with Crippen molar-refractivity contribution in [2.75, 3.05) is 11.9 Å². The maximum absolute atomic E-state index is 3.53. The molecule has 0 saturated heterocycles. The SMILES string of the molecule is CC(C)NCC1Cc2ccccc2N1. The standard InChI is InChI=1S/C12H18N2/c1-9(2)13-8-11-7-10-5-3-4-6-12(10)14-11/h3-6,9,11,13-14H,7-8H2,1-2H3. The summed E-state index contributed by atoms with van der Waals surface area (Å²) in [7, 11) is 0. The van der Waals surface area contributed by atoms with Gasteiger partial charge in [0, 0.05) is 24.3 Å². The molecule has 1 aromatic rings. The van der Waals surface area contributed by atoms with Crippen LogP contribution in [0.4, 0.5) is 5.69 Å². The predicted octanol–water partition coefficient (Wildman–Crippen LogP) is 2.02. The molecule has 14 heavy (non-hydrogen) atoms. The Kier molecular flexibility index (Phi) is 2.73. The first-order chi connectivity index (χ1) is 6.75. The summed E-state index contributed by atoms with van der Waals surface area (Å²) in [5.74, 6) is 0. The molecule has 2 N–H and O–H groups in total. The lowest BCUT2D eigenvalue weighted by Gasteiger charge is -2.14. The predicted molar refractivity (Wildman–Crippen MR) is 60.7 cm³/mol. The molecule has 0 saturated carbocycles. The molecule has 0 radical (unpaired) electrons. The monoisotopic (exact) mass is 190 g/mol. The van der Waals surface area contributed by atoms with Crippen LogP contribution in [0, 0.1) is 0 Å². The van der Waals surface area contributed by atoms with E-state index in [0.29, 0.717) is 12.1 Å². The highest BCUT2D eigenvalue weighted by Gasteiger charge is 2.19. The van der Waals surface area contributed by atoms with Gasteiger partial charge in [-0.3, -0.25) is 0 Å². The number of fused-ring (bicyclic) bond motifs is 1. The Morgan fingerprint density at radius 3 is 2.93 bits per heavy atom. The average Bonchev–Trinajstić information content (AvgIpc) is 2.57. The van der Waals surface area contributed by atoms with E-state index < -0.39 is 0 Å². The number of hydrogen-bond donors (Lipinski definition) is 2. The van der Waals surface area contributed by atoms with Gasteiger partial charge >= 0.3 is 0 Å². The number of para-hydroxylation sites is 1. The molecule has 1 aliphatic rings. The molecular formula is C12H18N2. The van der Waals surface area contributed by atoms with Gasteiger partial charge in [0.25, 0.3) is 0 Å². The van der Waals surface area contributed by atoms with Crippen molar-refractivity contribution in [2.24, 2.45) is 0 Å². The van der Waals surface area contributed by atoms with Crippen molar-refractivity contribution in [3.8, 4) is 0 Å². The Balaban J connectivity index is 1.92. The van der Waals surface area contributed by atoms with Crippen molar-refractivity contribution in [3.05, 3.63) is 29.8 Å². The number of hydrogen-bond acceptors (Lipinski definition) is 2. The highest BCUT2D eigenvalue weighted by Crippen LogP contribution is 2.24. The van der Waals surface area contributed by atoms with Gasteiger partial charge < -0.3 is 10.6 Å². The smallest absolute Gasteiger partial charge is 0.0427 e. The number of anilines is 1. The fourth-order valence-electron chi connectivity index (χ4n) is 1.88. The Morgan fingerprint density at radius 1 is 1.43 bits per heavy atom. The summed E-state index contributed by atoms with van der Waals surface area (Å²) in [6.07, 6.45) is 1.15. The normalized spacial score (nSPS) is 19.5. The Labute approximate surface area is 85.7 Å². The van der Waals surface area contributed by atoms with Crippen LogP contribution in [0.25, 0.3) is 0 Å². The van der Waals surface area contributed by atoms with Crippen molar-refractivity contribution < 1.29 is 0 Å². The van der Waals surface area contributed by atoms with E-state index in [1.165, 1.54) is 11.3 Å². The number of rotatable bonds is 3. The van der Waals surface area contributed by atoms with Crippen molar-refractivity contribution >= 4 is 5.69 Å². The van der Waals surface area contributed by atoms with Crippen LogP contribution in [0.1, 0.15) is 19.4 Å². The summed E-state index contributed by atoms with van der Waals surface area (Å²) < 4.78 is 0. The first-order valence-corrected chi connectivity index (χ1v) is 5.33. The van der Waals surface area contributed by atoms with Gasteiger partial charge in [-0.25, -0.2) is 0 Å². The third-order valence-corrected chi connectivity index (χ3v) is 2.62. The second-order valence-corrected chi connectivity index (χ2v) is 4.27. The van der Waals surface area contributed by atoms with Crippen LogP contribution in [0.3, 0.4) is 0 Å². The fraction of sp³-hybridized carbons (Fsp3) is 0.500. The molecular weight excluding hydrogens is 172 g/mol. The van der Waals surface area contributed by atoms with Crippen molar-refractivity contribution in [3.63, 3.8) is 0 Å². The van der Waals surface area contributed by atoms with Crippen LogP contribution in [-0.2, 0) is 6.42 Å². The molecule has 1 atom stereocenters. The molecule has 0 fully saturated rings. The number of benzene rings is 1. The maximum atomic E-state index is 3.53. The highest BCUT2D eigenvalue weighted by atomic mass is 15.0. The zero-order valence-electron chi connectivity index (χ0n) is 8.88. The summed E-state index contributed by atoms with van der Waals surface area (Å²) in [5.41, 5.74) is 2.76. The lowest BCUT2D eigenvalue weighted by molar-refractivity contribution is 0.549. The Hall–Kier alpha value is -1.02. The molecule has 0 aromatic heterocycles. The molecule has 0 spiro atoms. The van der Waals surface area contributed by atoms with Crippen LogP contribution >= 0.6 is 0 Å². The van der Waals surface area contributed by atoms with Crippen LogP contribution in [0.5, 0.6) is 0 Å². The topological polar surface area (TPSA) is 24.1 Å². The molecule has 2 rings (SSSR count). The van der Waals surface area contributed by atoms with Gasteiger partial charge in [0.2, 0.25) is 0 Å². The third kappa shape index (κ3) is 2.07. The van der Waals surface area contributed by atoms with E-state index in [1.54, 1.807) is 0 Å². The second-order valence-electron chi connectivity index (χ2n) is 4.27. The van der Waals surface area contributed by atoms with E-state index in [2.05, 4.69) is 48.7 Å². The maximum Gasteiger partial charge on any atom is 0.0427 e. The van der Waals surface area contributed by atoms with Crippen molar-refractivity contribution in [2.45, 2.75) is 32.4 Å². The van der Waals surface area contributed by atoms with E-state index in [-0.39, 0.29) is 0 Å². The third-order valence-electron chi connectivity index (χ3n) is 2.62. The lowest BCUT2D eigenvalue weighted by Crippen LogP contribution is -2.35. The highest BCUT2D eigenvalue weighted by molar-refractivity contribution is 5.56. The summed E-state index contributed by atoms with van der Waals surface area (Å²) in [5, 5.41) is 6.99. The van der Waals surface area contributed by atoms with Gasteiger partial charge in [-0.15, -0.1) is 0 Å². The summed E-state index contributed by atoms with van der Waals surface area (Å²) >= 11 is 0. The Morgan fingerprint density at radius 2 is 2.21 bits per heavy atom. The van der Waals surface area contributed by atoms with Gasteiger partial charge in [-0.05, 0) is 18.1 Å². The summed E-state index contributed by atoms with van der Waals surface area (Å²) in [6.45, 7) is 5.41. The zero-order valence-corrected chi connectivity index (χ0v) is 8.88. The zero-order chi connectivity index (χ0) is 9.97. The minimum Gasteiger partial charge on any atom is -0.380 e. The van der Waals surface area contributed by atoms with E-state index in [0.717, 1.165) is 13.0 Å². The largest absolute Gasteiger partial charge is 0.380 e. The molecule has 0 amide bonds. The van der Waals surface area contributed by atoms with Crippen LogP contribution in [0.2, 0.25) is 0 Å². The van der Waals surface area contributed by atoms with Crippen LogP contribution < -0.4 is 10.6 Å². The molecule has 1 unspecified atom stereocenters. The molecule has 0 aliphatic carbocycles. The van der Waals surface area contributed by atoms with Crippen molar-refractivity contribution in [1.29, 1.82) is 0 Å². The molecule has 76 valence electrons. The number of nitrogens with one attached hydrogen (secondary N) is 2. The van der Waals surface area contributed by atoms with Crippen molar-refractivity contribution in [1.82, 2.24) is 5.32 Å². The lowest BCUT2D eigenvalue weighted by atomic mass is 10.1. The van der Waals surface area contributed by atoms with Gasteiger partial charge in [0.15, 0.2) is 0 Å². The Bertz CT molecular complexity index is 282. The first-order valence-electron chi connectivity index (χ1n) is 5.33. The van der Waals surface area contributed by atoms with Gasteiger partial charge in [-0.2, -0.15) is 0 Å². The van der Waals surface area contributed by atoms with E-state index in [9.17, 15) is 0 Å². The van der Waals surface area contributed by atoms with Gasteiger partial charge in [0.1, 0.15) is 0 Å². The summed E-state index contributed by atoms with van der Waals surface area (Å²) in [4.78, 5) is 0. The van der Waals surface area contributed by atoms with Crippen LogP contribution in [0.15, 0.2) is 24.3 Å². The second kappa shape index (κ2) is 4.01. The summed E-state index contributed by atoms with van der Waals surface area (Å²) in [6, 6.07) is 9.70. The van der Waals surface area contributed by atoms with Gasteiger partial charge in [0.05, 0.1) is 0 Å². The van der Waals surface area contributed by atoms with E-state index >= 15 is 0 Å². The average molecular weight is 190 g/mol. The molecule has 2 heteroatoms. The fourth-order valence-corrected chi connectivity index (χ4v) is 1.88. The molecule has 1 heterocycles. The minimum absolute atomic E-state index is 0.565. The first kappa shape index (κ1) is 9.53. The van der Waals surface area contributed by atoms with Crippen LogP contribution in [-0.4, -0.2) is 18.6 Å². The minimum atomic E-state index is 0.565. The van der Waals surface area contributed by atoms with Gasteiger partial charge in [-0.1, -0.05) is 32.0 Å². The quantitative estimate of drug-likeness (QED) is 0.762. The van der Waals surface area contributed by atoms with E-state index in [4.69, 9.17) is 0 Å². The van der Waals surface area contributed by atoms with E-state index in [1.807, 2.05) is 0 Å².